The molecular formula is C17H10ClN3O3. The van der Waals surface area contributed by atoms with Crippen LogP contribution in [0.25, 0.3) is 6.08 Å². The number of carbonyl (C=O) groups excluding carboxylic acids is 1. The number of aliphatic imine (C=N–C) groups is 1. The lowest BCUT2D eigenvalue weighted by Gasteiger charge is -2.01. The smallest absolute Gasteiger partial charge is 0.363 e. The molecule has 0 aliphatic carbocycles. The molecule has 0 N–H and O–H groups in total. The molecule has 2 heterocycles. The van der Waals surface area contributed by atoms with Gasteiger partial charge in [0.1, 0.15) is 17.5 Å². The van der Waals surface area contributed by atoms with E-state index in [2.05, 4.69) is 9.98 Å². The number of hydrogen-bond donors (Lipinski definition) is 0. The quantitative estimate of drug-likeness (QED) is 0.631. The van der Waals surface area contributed by atoms with Crippen LogP contribution in [0.3, 0.4) is 0 Å². The van der Waals surface area contributed by atoms with Crippen LogP contribution >= 0.6 is 11.6 Å². The van der Waals surface area contributed by atoms with Crippen molar-refractivity contribution in [1.29, 1.82) is 5.26 Å². The number of aromatic nitrogens is 1. The van der Waals surface area contributed by atoms with Crippen LogP contribution in [0.1, 0.15) is 11.3 Å². The first-order chi connectivity index (χ1) is 11.7. The molecule has 1 aromatic heterocycles. The van der Waals surface area contributed by atoms with E-state index in [1.54, 1.807) is 42.5 Å². The molecule has 24 heavy (non-hydrogen) atoms. The maximum Gasteiger partial charge on any atom is 0.363 e. The summed E-state index contributed by atoms with van der Waals surface area (Å²) in [6, 6.07) is 12.0. The number of ether oxygens (including phenoxy) is 2. The molecule has 1 aliphatic rings. The van der Waals surface area contributed by atoms with Crippen molar-refractivity contribution in [3.63, 3.8) is 0 Å². The van der Waals surface area contributed by atoms with E-state index in [1.165, 1.54) is 6.20 Å². The van der Waals surface area contributed by atoms with Crippen LogP contribution in [0.4, 0.5) is 0 Å². The molecule has 118 valence electrons. The summed E-state index contributed by atoms with van der Waals surface area (Å²) < 4.78 is 10.3. The number of nitriles is 1. The minimum absolute atomic E-state index is 0.0208. The van der Waals surface area contributed by atoms with Gasteiger partial charge in [-0.05, 0) is 35.9 Å². The second-order valence-electron chi connectivity index (χ2n) is 4.71. The van der Waals surface area contributed by atoms with Gasteiger partial charge in [0.15, 0.2) is 12.3 Å². The van der Waals surface area contributed by atoms with Crippen molar-refractivity contribution in [2.75, 3.05) is 6.61 Å². The fourth-order valence-electron chi connectivity index (χ4n) is 1.97. The highest BCUT2D eigenvalue weighted by Crippen LogP contribution is 2.21. The van der Waals surface area contributed by atoms with E-state index in [4.69, 9.17) is 26.3 Å². The molecule has 3 rings (SSSR count). The summed E-state index contributed by atoms with van der Waals surface area (Å²) in [6.07, 6.45) is 3.10. The monoisotopic (exact) mass is 339 g/mol. The lowest BCUT2D eigenvalue weighted by atomic mass is 10.2. The molecule has 1 aromatic carbocycles. The summed E-state index contributed by atoms with van der Waals surface area (Å²) in [6.45, 7) is -0.0208. The second kappa shape index (κ2) is 6.94. The molecule has 0 fully saturated rings. The highest BCUT2D eigenvalue weighted by atomic mass is 35.5. The molecular weight excluding hydrogens is 330 g/mol. The molecule has 7 heteroatoms. The summed E-state index contributed by atoms with van der Waals surface area (Å²) >= 11 is 5.89. The van der Waals surface area contributed by atoms with E-state index in [-0.39, 0.29) is 18.2 Å². The number of benzene rings is 1. The molecule has 0 unspecified atom stereocenters. The lowest BCUT2D eigenvalue weighted by Crippen LogP contribution is -2.06. The molecule has 2 aromatic rings. The normalized spacial score (nSPS) is 14.9. The van der Waals surface area contributed by atoms with Gasteiger partial charge in [-0.3, -0.25) is 4.98 Å². The zero-order valence-corrected chi connectivity index (χ0v) is 13.0. The fourth-order valence-corrected chi connectivity index (χ4v) is 2.13. The molecule has 0 saturated carbocycles. The van der Waals surface area contributed by atoms with Crippen LogP contribution in [-0.2, 0) is 9.53 Å². The molecule has 0 bridgehead atoms. The Morgan fingerprint density at radius 3 is 2.79 bits per heavy atom. The van der Waals surface area contributed by atoms with Crippen molar-refractivity contribution >= 4 is 29.5 Å². The van der Waals surface area contributed by atoms with E-state index < -0.39 is 5.97 Å². The first-order valence-corrected chi connectivity index (χ1v) is 7.28. The predicted molar refractivity (Wildman–Crippen MR) is 87.4 cm³/mol. The zero-order valence-electron chi connectivity index (χ0n) is 12.3. The van der Waals surface area contributed by atoms with Gasteiger partial charge in [-0.25, -0.2) is 9.79 Å². The molecule has 6 nitrogen and oxygen atoms in total. The van der Waals surface area contributed by atoms with Crippen molar-refractivity contribution in [3.05, 3.63) is 64.6 Å². The van der Waals surface area contributed by atoms with Gasteiger partial charge in [-0.15, -0.1) is 0 Å². The van der Waals surface area contributed by atoms with E-state index in [1.807, 2.05) is 6.07 Å². The van der Waals surface area contributed by atoms with Gasteiger partial charge in [-0.2, -0.15) is 5.26 Å². The third-order valence-electron chi connectivity index (χ3n) is 3.05. The summed E-state index contributed by atoms with van der Waals surface area (Å²) in [7, 11) is 0. The molecule has 0 radical (unpaired) electrons. The van der Waals surface area contributed by atoms with Crippen LogP contribution in [-0.4, -0.2) is 23.5 Å². The number of nitrogens with zero attached hydrogens (tertiary/aromatic N) is 3. The Kier molecular flexibility index (Phi) is 4.54. The third kappa shape index (κ3) is 3.59. The lowest BCUT2D eigenvalue weighted by molar-refractivity contribution is -0.129. The average molecular weight is 340 g/mol. The zero-order chi connectivity index (χ0) is 16.9. The van der Waals surface area contributed by atoms with Crippen molar-refractivity contribution in [2.24, 2.45) is 4.99 Å². The number of esters is 1. The largest absolute Gasteiger partial charge is 0.479 e. The van der Waals surface area contributed by atoms with E-state index in [0.717, 1.165) is 5.56 Å². The number of cyclic esters (lactones) is 1. The van der Waals surface area contributed by atoms with Crippen molar-refractivity contribution in [1.82, 2.24) is 4.98 Å². The van der Waals surface area contributed by atoms with Crippen LogP contribution < -0.4 is 4.74 Å². The minimum Gasteiger partial charge on any atom is -0.479 e. The van der Waals surface area contributed by atoms with Crippen LogP contribution in [0, 0.1) is 11.3 Å². The van der Waals surface area contributed by atoms with Gasteiger partial charge in [0.05, 0.1) is 0 Å². The Balaban J connectivity index is 1.82. The Hall–Kier alpha value is -3.17. The third-order valence-corrected chi connectivity index (χ3v) is 3.28. The number of carbonyl (C=O) groups is 1. The van der Waals surface area contributed by atoms with Gasteiger partial charge in [-0.1, -0.05) is 23.7 Å². The molecule has 1 aliphatic heterocycles. The summed E-state index contributed by atoms with van der Waals surface area (Å²) in [4.78, 5) is 20.2. The number of hydrogen-bond acceptors (Lipinski definition) is 6. The Bertz CT molecular complexity index is 883. The second-order valence-corrected chi connectivity index (χ2v) is 5.15. The van der Waals surface area contributed by atoms with Gasteiger partial charge in [0, 0.05) is 11.2 Å². The van der Waals surface area contributed by atoms with Crippen LogP contribution in [0.5, 0.6) is 5.75 Å². The molecule has 0 saturated heterocycles. The Morgan fingerprint density at radius 1 is 1.29 bits per heavy atom. The summed E-state index contributed by atoms with van der Waals surface area (Å²) in [5.41, 5.74) is 1.30. The predicted octanol–water partition coefficient (Wildman–Crippen LogP) is 2.98. The fraction of sp³-hybridized carbons (Fsp3) is 0.0588. The Morgan fingerprint density at radius 2 is 2.08 bits per heavy atom. The molecule has 0 amide bonds. The topological polar surface area (TPSA) is 84.6 Å². The van der Waals surface area contributed by atoms with Gasteiger partial charge in [0.2, 0.25) is 5.90 Å². The number of halogens is 1. The van der Waals surface area contributed by atoms with E-state index in [0.29, 0.717) is 16.5 Å². The highest BCUT2D eigenvalue weighted by Gasteiger charge is 2.25. The minimum atomic E-state index is -0.559. The van der Waals surface area contributed by atoms with E-state index >= 15 is 0 Å². The van der Waals surface area contributed by atoms with Crippen molar-refractivity contribution < 1.29 is 14.3 Å². The van der Waals surface area contributed by atoms with Crippen LogP contribution in [0.15, 0.2) is 53.3 Å². The van der Waals surface area contributed by atoms with Gasteiger partial charge in [0.25, 0.3) is 0 Å². The molecule has 0 atom stereocenters. The number of rotatable bonds is 4. The van der Waals surface area contributed by atoms with Gasteiger partial charge < -0.3 is 9.47 Å². The van der Waals surface area contributed by atoms with Crippen molar-refractivity contribution in [3.8, 4) is 11.8 Å². The van der Waals surface area contributed by atoms with Crippen molar-refractivity contribution in [2.45, 2.75) is 0 Å². The van der Waals surface area contributed by atoms with E-state index in [9.17, 15) is 4.79 Å². The van der Waals surface area contributed by atoms with Crippen LogP contribution in [0.2, 0.25) is 5.02 Å². The molecule has 0 spiro atoms. The van der Waals surface area contributed by atoms with Gasteiger partial charge >= 0.3 is 5.97 Å². The maximum absolute atomic E-state index is 11.9. The SMILES string of the molecule is N#CCOc1ccc(/C=C2\N=C(c3cc(Cl)ccn3)OC2=O)cc1. The first-order valence-electron chi connectivity index (χ1n) is 6.90. The highest BCUT2D eigenvalue weighted by molar-refractivity contribution is 6.31. The number of pyridine rings is 1. The standard InChI is InChI=1S/C17H10ClN3O3/c18-12-5-7-20-14(10-12)16-21-15(17(22)24-16)9-11-1-3-13(4-2-11)23-8-6-19/h1-5,7,9-10H,8H2/b15-9-. The maximum atomic E-state index is 11.9. The summed E-state index contributed by atoms with van der Waals surface area (Å²) in [5.74, 6) is 0.124. The summed E-state index contributed by atoms with van der Waals surface area (Å²) in [5, 5.41) is 8.95. The average Bonchev–Trinajstić information content (AvgIpc) is 2.95. The Labute approximate surface area is 142 Å². The first kappa shape index (κ1) is 15.7.